The predicted octanol–water partition coefficient (Wildman–Crippen LogP) is 1.58. The second-order valence-corrected chi connectivity index (χ2v) is 3.42. The summed E-state index contributed by atoms with van der Waals surface area (Å²) in [5.74, 6) is 1.06. The Kier molecular flexibility index (Phi) is 1.89. The summed E-state index contributed by atoms with van der Waals surface area (Å²) < 4.78 is 5.62. The van der Waals surface area contributed by atoms with Crippen molar-refractivity contribution in [3.05, 3.63) is 29.8 Å². The molecule has 1 heterocycles. The van der Waals surface area contributed by atoms with Gasteiger partial charge in [-0.05, 0) is 0 Å². The second-order valence-electron chi connectivity index (χ2n) is 2.72. The third kappa shape index (κ3) is 1.29. The molecule has 1 unspecified atom stereocenters. The molecule has 1 nitrogen and oxygen atoms in total. The van der Waals surface area contributed by atoms with Crippen LogP contribution in [0.15, 0.2) is 24.3 Å². The Hall–Kier alpha value is -0.461. The Morgan fingerprint density at radius 2 is 2.27 bits per heavy atom. The van der Waals surface area contributed by atoms with E-state index in [1.807, 2.05) is 12.1 Å². The van der Waals surface area contributed by atoms with E-state index < -0.39 is 0 Å². The van der Waals surface area contributed by atoms with Crippen LogP contribution >= 0.6 is 0 Å². The predicted molar refractivity (Wildman–Crippen MR) is 45.1 cm³/mol. The van der Waals surface area contributed by atoms with E-state index in [2.05, 4.69) is 28.1 Å². The normalized spacial score (nSPS) is 21.0. The third-order valence-electron chi connectivity index (χ3n) is 1.90. The van der Waals surface area contributed by atoms with E-state index in [1.54, 1.807) is 0 Å². The first-order chi connectivity index (χ1) is 5.40. The fourth-order valence-corrected chi connectivity index (χ4v) is 1.74. The number of hydrogen-bond donors (Lipinski definition) is 0. The molecule has 1 radical (unpaired) electrons. The Morgan fingerprint density at radius 1 is 1.45 bits per heavy atom. The average Bonchev–Trinajstić information content (AvgIpc) is 2.46. The summed E-state index contributed by atoms with van der Waals surface area (Å²) in [6.07, 6.45) is 1.43. The van der Waals surface area contributed by atoms with Gasteiger partial charge in [-0.15, -0.1) is 0 Å². The molecule has 0 N–H and O–H groups in total. The zero-order valence-electron chi connectivity index (χ0n) is 6.12. The van der Waals surface area contributed by atoms with Crippen LogP contribution in [0.25, 0.3) is 0 Å². The van der Waals surface area contributed by atoms with Crippen molar-refractivity contribution in [1.29, 1.82) is 0 Å². The van der Waals surface area contributed by atoms with E-state index in [9.17, 15) is 0 Å². The molecule has 0 amide bonds. The van der Waals surface area contributed by atoms with Gasteiger partial charge in [-0.25, -0.2) is 0 Å². The molecule has 0 fully saturated rings. The Bertz CT molecular complexity index is 234. The molecule has 1 atom stereocenters. The van der Waals surface area contributed by atoms with Gasteiger partial charge in [0.1, 0.15) is 0 Å². The molecule has 1 aromatic carbocycles. The van der Waals surface area contributed by atoms with Crippen LogP contribution in [0.5, 0.6) is 5.75 Å². The van der Waals surface area contributed by atoms with E-state index in [1.165, 1.54) is 5.56 Å². The van der Waals surface area contributed by atoms with Crippen molar-refractivity contribution < 1.29 is 4.74 Å². The second kappa shape index (κ2) is 2.88. The number of fused-ring (bicyclic) bond motifs is 1. The summed E-state index contributed by atoms with van der Waals surface area (Å²) in [4.78, 5) is 0. The van der Waals surface area contributed by atoms with Crippen LogP contribution in [0.1, 0.15) is 5.56 Å². The van der Waals surface area contributed by atoms with Crippen LogP contribution in [-0.2, 0) is 6.42 Å². The van der Waals surface area contributed by atoms with Crippen molar-refractivity contribution in [3.63, 3.8) is 0 Å². The van der Waals surface area contributed by atoms with Crippen LogP contribution in [0.4, 0.5) is 0 Å². The van der Waals surface area contributed by atoms with Crippen LogP contribution < -0.4 is 4.74 Å². The van der Waals surface area contributed by atoms with Crippen LogP contribution in [0, 0.1) is 0 Å². The molecule has 57 valence electrons. The van der Waals surface area contributed by atoms with Crippen LogP contribution in [-0.4, -0.2) is 22.1 Å². The molecule has 2 rings (SSSR count). The Labute approximate surface area is 74.6 Å². The SMILES string of the molecule is [Se]CC1Cc2ccccc2O1. The van der Waals surface area contributed by atoms with Crippen LogP contribution in [0.2, 0.25) is 5.32 Å². The molecule has 0 saturated heterocycles. The number of para-hydroxylation sites is 1. The average molecular weight is 212 g/mol. The van der Waals surface area contributed by atoms with Crippen molar-refractivity contribution in [1.82, 2.24) is 0 Å². The summed E-state index contributed by atoms with van der Waals surface area (Å²) in [6, 6.07) is 8.24. The van der Waals surface area contributed by atoms with Gasteiger partial charge in [0.2, 0.25) is 0 Å². The van der Waals surface area contributed by atoms with Gasteiger partial charge in [0, 0.05) is 0 Å². The molecule has 1 aliphatic heterocycles. The number of hydrogen-bond acceptors (Lipinski definition) is 1. The van der Waals surface area contributed by atoms with E-state index in [-0.39, 0.29) is 0 Å². The van der Waals surface area contributed by atoms with Crippen molar-refractivity contribution in [3.8, 4) is 5.75 Å². The molecular weight excluding hydrogens is 203 g/mol. The number of ether oxygens (including phenoxy) is 1. The van der Waals surface area contributed by atoms with Gasteiger partial charge >= 0.3 is 74.2 Å². The quantitative estimate of drug-likeness (QED) is 0.642. The summed E-state index contributed by atoms with van der Waals surface area (Å²) in [5.41, 5.74) is 1.34. The van der Waals surface area contributed by atoms with Gasteiger partial charge in [0.05, 0.1) is 0 Å². The van der Waals surface area contributed by atoms with Crippen molar-refractivity contribution in [2.45, 2.75) is 17.8 Å². The first kappa shape index (κ1) is 7.20. The van der Waals surface area contributed by atoms with Gasteiger partial charge in [0.15, 0.2) is 0 Å². The van der Waals surface area contributed by atoms with Crippen molar-refractivity contribution in [2.75, 3.05) is 0 Å². The molecule has 0 saturated carbocycles. The summed E-state index contributed by atoms with van der Waals surface area (Å²) >= 11 is 2.99. The van der Waals surface area contributed by atoms with E-state index in [0.29, 0.717) is 6.10 Å². The molecule has 11 heavy (non-hydrogen) atoms. The number of benzene rings is 1. The van der Waals surface area contributed by atoms with Gasteiger partial charge in [0.25, 0.3) is 0 Å². The van der Waals surface area contributed by atoms with Gasteiger partial charge in [-0.3, -0.25) is 0 Å². The Morgan fingerprint density at radius 3 is 3.00 bits per heavy atom. The monoisotopic (exact) mass is 213 g/mol. The first-order valence-electron chi connectivity index (χ1n) is 3.73. The molecule has 1 aromatic rings. The fraction of sp³-hybridized carbons (Fsp3) is 0.333. The third-order valence-corrected chi connectivity index (χ3v) is 2.68. The van der Waals surface area contributed by atoms with Gasteiger partial charge < -0.3 is 0 Å². The molecular formula is C9H9OSe. The molecule has 1 aliphatic rings. The zero-order valence-corrected chi connectivity index (χ0v) is 7.83. The van der Waals surface area contributed by atoms with Crippen molar-refractivity contribution >= 4 is 16.0 Å². The fourth-order valence-electron chi connectivity index (χ4n) is 1.35. The summed E-state index contributed by atoms with van der Waals surface area (Å²) in [7, 11) is 0. The molecule has 0 bridgehead atoms. The van der Waals surface area contributed by atoms with Crippen molar-refractivity contribution in [2.24, 2.45) is 0 Å². The molecule has 0 aliphatic carbocycles. The minimum atomic E-state index is 0.368. The van der Waals surface area contributed by atoms with Gasteiger partial charge in [-0.1, -0.05) is 0 Å². The summed E-state index contributed by atoms with van der Waals surface area (Å²) in [6.45, 7) is 0. The zero-order chi connectivity index (χ0) is 7.68. The van der Waals surface area contributed by atoms with E-state index in [4.69, 9.17) is 4.74 Å². The molecule has 0 aromatic heterocycles. The molecule has 0 spiro atoms. The van der Waals surface area contributed by atoms with Gasteiger partial charge in [-0.2, -0.15) is 0 Å². The van der Waals surface area contributed by atoms with Crippen LogP contribution in [0.3, 0.4) is 0 Å². The van der Waals surface area contributed by atoms with E-state index in [0.717, 1.165) is 17.5 Å². The standard InChI is InChI=1S/C9H9OSe/c11-6-8-5-7-3-1-2-4-9(7)10-8/h1-4,8H,5-6H2. The first-order valence-corrected chi connectivity index (χ1v) is 4.94. The number of rotatable bonds is 1. The van der Waals surface area contributed by atoms with E-state index >= 15 is 0 Å². The molecule has 2 heteroatoms. The summed E-state index contributed by atoms with van der Waals surface area (Å²) in [5, 5.41) is 0.981. The topological polar surface area (TPSA) is 9.23 Å². The maximum atomic E-state index is 5.62. The maximum absolute atomic E-state index is 5.62. The minimum absolute atomic E-state index is 0.368. The Balaban J connectivity index is 2.27.